The van der Waals surface area contributed by atoms with E-state index in [1.54, 1.807) is 30.5 Å². The van der Waals surface area contributed by atoms with Crippen LogP contribution in [0.1, 0.15) is 32.3 Å². The molecule has 5 nitrogen and oxygen atoms in total. The van der Waals surface area contributed by atoms with E-state index < -0.39 is 10.0 Å². The van der Waals surface area contributed by atoms with Gasteiger partial charge < -0.3 is 9.80 Å². The first kappa shape index (κ1) is 21.2. The Morgan fingerprint density at radius 1 is 1.00 bits per heavy atom. The Balaban J connectivity index is 1.79. The zero-order valence-electron chi connectivity index (χ0n) is 17.7. The molecule has 0 atom stereocenters. The molecule has 2 aromatic carbocycles. The first-order valence-corrected chi connectivity index (χ1v) is 12.3. The predicted octanol–water partition coefficient (Wildman–Crippen LogP) is 4.80. The maximum absolute atomic E-state index is 13.5. The third-order valence-corrected chi connectivity index (χ3v) is 7.90. The summed E-state index contributed by atoms with van der Waals surface area (Å²) in [6.45, 7) is 11.0. The van der Waals surface area contributed by atoms with Crippen LogP contribution >= 0.6 is 11.6 Å². The molecular formula is C23H28ClN3O2S. The number of hydrogen-bond donors (Lipinski definition) is 0. The molecule has 1 aliphatic rings. The lowest BCUT2D eigenvalue weighted by Crippen LogP contribution is -2.46. The molecule has 0 aliphatic carbocycles. The first-order chi connectivity index (χ1) is 14.3. The molecule has 0 saturated carbocycles. The highest BCUT2D eigenvalue weighted by Crippen LogP contribution is 2.34. The molecule has 7 heteroatoms. The zero-order chi connectivity index (χ0) is 21.5. The molecule has 30 heavy (non-hydrogen) atoms. The average molecular weight is 446 g/mol. The van der Waals surface area contributed by atoms with Gasteiger partial charge in [-0.3, -0.25) is 0 Å². The van der Waals surface area contributed by atoms with E-state index in [-0.39, 0.29) is 0 Å². The Labute approximate surface area is 183 Å². The number of anilines is 1. The summed E-state index contributed by atoms with van der Waals surface area (Å²) in [5.74, 6) is 0.352. The van der Waals surface area contributed by atoms with Gasteiger partial charge in [0.05, 0.1) is 16.1 Å². The minimum absolute atomic E-state index is 0.293. The van der Waals surface area contributed by atoms with E-state index in [0.29, 0.717) is 21.4 Å². The van der Waals surface area contributed by atoms with Crippen LogP contribution in [-0.4, -0.2) is 50.0 Å². The van der Waals surface area contributed by atoms with Crippen molar-refractivity contribution in [1.29, 1.82) is 0 Å². The summed E-state index contributed by atoms with van der Waals surface area (Å²) in [6.07, 6.45) is 1.76. The molecule has 3 aromatic rings. The third-order valence-electron chi connectivity index (χ3n) is 5.98. The van der Waals surface area contributed by atoms with E-state index in [9.17, 15) is 8.42 Å². The summed E-state index contributed by atoms with van der Waals surface area (Å²) in [5.41, 5.74) is 2.69. The number of likely N-dealkylation sites (N-methyl/N-ethyl adjacent to an activating group) is 1. The van der Waals surface area contributed by atoms with Gasteiger partial charge in [-0.1, -0.05) is 44.5 Å². The van der Waals surface area contributed by atoms with E-state index in [0.717, 1.165) is 49.4 Å². The summed E-state index contributed by atoms with van der Waals surface area (Å²) in [5, 5.41) is 1.47. The van der Waals surface area contributed by atoms with E-state index >= 15 is 0 Å². The maximum atomic E-state index is 13.5. The largest absolute Gasteiger partial charge is 0.367 e. The maximum Gasteiger partial charge on any atom is 0.268 e. The lowest BCUT2D eigenvalue weighted by molar-refractivity contribution is 0.271. The summed E-state index contributed by atoms with van der Waals surface area (Å²) in [4.78, 5) is 4.95. The Hall–Kier alpha value is -2.02. The van der Waals surface area contributed by atoms with E-state index in [4.69, 9.17) is 11.6 Å². The Kier molecular flexibility index (Phi) is 5.84. The number of benzene rings is 2. The van der Waals surface area contributed by atoms with Gasteiger partial charge in [-0.2, -0.15) is 0 Å². The van der Waals surface area contributed by atoms with Gasteiger partial charge in [0, 0.05) is 42.8 Å². The van der Waals surface area contributed by atoms with Crippen molar-refractivity contribution in [1.82, 2.24) is 8.87 Å². The smallest absolute Gasteiger partial charge is 0.268 e. The fraction of sp³-hybridized carbons (Fsp3) is 0.391. The van der Waals surface area contributed by atoms with Crippen LogP contribution < -0.4 is 4.90 Å². The number of hydrogen-bond acceptors (Lipinski definition) is 4. The Bertz CT molecular complexity index is 1150. The third kappa shape index (κ3) is 3.84. The number of halogens is 1. The fourth-order valence-electron chi connectivity index (χ4n) is 4.05. The van der Waals surface area contributed by atoms with E-state index in [1.807, 2.05) is 18.2 Å². The minimum atomic E-state index is -3.72. The van der Waals surface area contributed by atoms with Gasteiger partial charge in [-0.05, 0) is 48.4 Å². The molecule has 0 spiro atoms. The zero-order valence-corrected chi connectivity index (χ0v) is 19.2. The highest BCUT2D eigenvalue weighted by molar-refractivity contribution is 7.90. The van der Waals surface area contributed by atoms with Crippen molar-refractivity contribution in [3.05, 3.63) is 59.2 Å². The van der Waals surface area contributed by atoms with Gasteiger partial charge in [0.1, 0.15) is 0 Å². The highest BCUT2D eigenvalue weighted by Gasteiger charge is 2.25. The van der Waals surface area contributed by atoms with Crippen LogP contribution in [0, 0.1) is 0 Å². The van der Waals surface area contributed by atoms with Crippen LogP contribution in [-0.2, 0) is 10.0 Å². The highest BCUT2D eigenvalue weighted by atomic mass is 35.5. The molecule has 1 aliphatic heterocycles. The molecule has 1 fully saturated rings. The number of aromatic nitrogens is 1. The SMILES string of the molecule is CCN1CCN(c2cn(S(=O)(=O)c3ccc(C(C)C)cc3)c3ccc(Cl)cc23)CC1. The van der Waals surface area contributed by atoms with Crippen molar-refractivity contribution in [3.8, 4) is 0 Å². The van der Waals surface area contributed by atoms with Crippen molar-refractivity contribution in [2.45, 2.75) is 31.6 Å². The van der Waals surface area contributed by atoms with Crippen LogP contribution in [0.3, 0.4) is 0 Å². The Morgan fingerprint density at radius 3 is 2.27 bits per heavy atom. The van der Waals surface area contributed by atoms with Crippen molar-refractivity contribution in [2.75, 3.05) is 37.6 Å². The topological polar surface area (TPSA) is 45.5 Å². The second kappa shape index (κ2) is 8.25. The van der Waals surface area contributed by atoms with Crippen molar-refractivity contribution >= 4 is 38.2 Å². The molecule has 0 unspecified atom stereocenters. The first-order valence-electron chi connectivity index (χ1n) is 10.4. The van der Waals surface area contributed by atoms with Crippen molar-refractivity contribution in [3.63, 3.8) is 0 Å². The van der Waals surface area contributed by atoms with Crippen LogP contribution in [0.25, 0.3) is 10.9 Å². The van der Waals surface area contributed by atoms with Gasteiger partial charge in [0.25, 0.3) is 10.0 Å². The predicted molar refractivity (Wildman–Crippen MR) is 124 cm³/mol. The molecule has 0 radical (unpaired) electrons. The molecular weight excluding hydrogens is 418 g/mol. The fourth-order valence-corrected chi connectivity index (χ4v) is 5.59. The van der Waals surface area contributed by atoms with Crippen molar-refractivity contribution in [2.24, 2.45) is 0 Å². The van der Waals surface area contributed by atoms with Crippen LogP contribution in [0.15, 0.2) is 53.6 Å². The summed E-state index contributed by atoms with van der Waals surface area (Å²) >= 11 is 6.28. The van der Waals surface area contributed by atoms with Gasteiger partial charge in [0.15, 0.2) is 0 Å². The normalized spacial score (nSPS) is 16.0. The second-order valence-electron chi connectivity index (χ2n) is 8.12. The molecule has 160 valence electrons. The van der Waals surface area contributed by atoms with Gasteiger partial charge in [-0.25, -0.2) is 12.4 Å². The number of piperazine rings is 1. The number of rotatable bonds is 5. The molecule has 1 saturated heterocycles. The lowest BCUT2D eigenvalue weighted by Gasteiger charge is -2.35. The van der Waals surface area contributed by atoms with Gasteiger partial charge in [-0.15, -0.1) is 0 Å². The standard InChI is InChI=1S/C23H28ClN3O2S/c1-4-25-11-13-26(14-12-25)23-16-27(22-10-7-19(24)15-21(22)23)30(28,29)20-8-5-18(6-9-20)17(2)3/h5-10,15-17H,4,11-14H2,1-3H3. The molecule has 2 heterocycles. The van der Waals surface area contributed by atoms with E-state index in [1.165, 1.54) is 3.97 Å². The van der Waals surface area contributed by atoms with E-state index in [2.05, 4.69) is 30.6 Å². The van der Waals surface area contributed by atoms with Crippen LogP contribution in [0.5, 0.6) is 0 Å². The van der Waals surface area contributed by atoms with Gasteiger partial charge >= 0.3 is 0 Å². The second-order valence-corrected chi connectivity index (χ2v) is 10.4. The molecule has 0 amide bonds. The molecule has 1 aromatic heterocycles. The Morgan fingerprint density at radius 2 is 1.67 bits per heavy atom. The number of fused-ring (bicyclic) bond motifs is 1. The van der Waals surface area contributed by atoms with Crippen LogP contribution in [0.4, 0.5) is 5.69 Å². The van der Waals surface area contributed by atoms with Crippen LogP contribution in [0.2, 0.25) is 5.02 Å². The quantitative estimate of drug-likeness (QED) is 0.566. The summed E-state index contributed by atoms with van der Waals surface area (Å²) in [7, 11) is -3.72. The average Bonchev–Trinajstić information content (AvgIpc) is 3.13. The molecule has 0 bridgehead atoms. The monoisotopic (exact) mass is 445 g/mol. The van der Waals surface area contributed by atoms with Crippen molar-refractivity contribution < 1.29 is 8.42 Å². The minimum Gasteiger partial charge on any atom is -0.367 e. The lowest BCUT2D eigenvalue weighted by atomic mass is 10.0. The van der Waals surface area contributed by atoms with Gasteiger partial charge in [0.2, 0.25) is 0 Å². The number of nitrogens with zero attached hydrogens (tertiary/aromatic N) is 3. The summed E-state index contributed by atoms with van der Waals surface area (Å²) in [6, 6.07) is 12.6. The summed E-state index contributed by atoms with van der Waals surface area (Å²) < 4.78 is 28.4. The molecule has 4 rings (SSSR count). The molecule has 0 N–H and O–H groups in total.